The van der Waals surface area contributed by atoms with Crippen molar-refractivity contribution < 1.29 is 18.9 Å². The minimum Gasteiger partial charge on any atom is -0.382 e. The fourth-order valence-electron chi connectivity index (χ4n) is 2.79. The lowest BCUT2D eigenvalue weighted by Crippen LogP contribution is -2.61. The van der Waals surface area contributed by atoms with Crippen LogP contribution >= 0.6 is 0 Å². The molecular formula is C15H29NO4. The third-order valence-corrected chi connectivity index (χ3v) is 4.04. The number of hydrogen-bond acceptors (Lipinski definition) is 5. The SMILES string of the molecule is CCCNC1CC(OC2CCOCC2)C1OCCOC. The Morgan fingerprint density at radius 3 is 2.70 bits per heavy atom. The summed E-state index contributed by atoms with van der Waals surface area (Å²) < 4.78 is 22.6. The highest BCUT2D eigenvalue weighted by molar-refractivity contribution is 4.97. The van der Waals surface area contributed by atoms with E-state index in [4.69, 9.17) is 18.9 Å². The Labute approximate surface area is 122 Å². The summed E-state index contributed by atoms with van der Waals surface area (Å²) in [7, 11) is 1.70. The van der Waals surface area contributed by atoms with Crippen molar-refractivity contribution in [3.63, 3.8) is 0 Å². The van der Waals surface area contributed by atoms with E-state index in [1.54, 1.807) is 7.11 Å². The first-order chi connectivity index (χ1) is 9.85. The van der Waals surface area contributed by atoms with Gasteiger partial charge in [-0.05, 0) is 32.2 Å². The Bertz CT molecular complexity index is 258. The molecule has 0 bridgehead atoms. The van der Waals surface area contributed by atoms with Crippen LogP contribution in [0.5, 0.6) is 0 Å². The summed E-state index contributed by atoms with van der Waals surface area (Å²) in [6.45, 7) is 6.15. The molecule has 1 N–H and O–H groups in total. The highest BCUT2D eigenvalue weighted by Crippen LogP contribution is 2.30. The number of ether oxygens (including phenoxy) is 4. The quantitative estimate of drug-likeness (QED) is 0.649. The number of nitrogens with one attached hydrogen (secondary N) is 1. The molecule has 1 aliphatic heterocycles. The molecule has 118 valence electrons. The molecule has 2 rings (SSSR count). The maximum atomic E-state index is 6.19. The van der Waals surface area contributed by atoms with Gasteiger partial charge >= 0.3 is 0 Å². The minimum atomic E-state index is 0.166. The van der Waals surface area contributed by atoms with Gasteiger partial charge in [-0.1, -0.05) is 6.92 Å². The summed E-state index contributed by atoms with van der Waals surface area (Å²) in [6, 6.07) is 0.427. The predicted molar refractivity (Wildman–Crippen MR) is 77.0 cm³/mol. The van der Waals surface area contributed by atoms with Crippen molar-refractivity contribution in [2.24, 2.45) is 0 Å². The Kier molecular flexibility index (Phi) is 7.24. The standard InChI is InChI=1S/C15H29NO4/c1-3-6-16-13-11-14(15(13)19-10-9-17-2)20-12-4-7-18-8-5-12/h12-16H,3-11H2,1-2H3. The summed E-state index contributed by atoms with van der Waals surface area (Å²) in [5, 5.41) is 3.54. The van der Waals surface area contributed by atoms with Crippen LogP contribution in [0.2, 0.25) is 0 Å². The van der Waals surface area contributed by atoms with Gasteiger partial charge in [0, 0.05) is 26.4 Å². The highest BCUT2D eigenvalue weighted by atomic mass is 16.6. The fraction of sp³-hybridized carbons (Fsp3) is 1.00. The average molecular weight is 287 g/mol. The second-order valence-corrected chi connectivity index (χ2v) is 5.61. The van der Waals surface area contributed by atoms with Gasteiger partial charge in [0.05, 0.1) is 31.5 Å². The lowest BCUT2D eigenvalue weighted by Gasteiger charge is -2.46. The van der Waals surface area contributed by atoms with Gasteiger partial charge in [-0.25, -0.2) is 0 Å². The Morgan fingerprint density at radius 2 is 2.00 bits per heavy atom. The van der Waals surface area contributed by atoms with Crippen LogP contribution in [-0.4, -0.2) is 64.4 Å². The molecule has 1 saturated carbocycles. The molecule has 3 unspecified atom stereocenters. The molecule has 1 heterocycles. The zero-order valence-corrected chi connectivity index (χ0v) is 12.8. The van der Waals surface area contributed by atoms with Crippen LogP contribution in [0.3, 0.4) is 0 Å². The van der Waals surface area contributed by atoms with Crippen LogP contribution in [0.4, 0.5) is 0 Å². The van der Waals surface area contributed by atoms with Gasteiger partial charge in [0.25, 0.3) is 0 Å². The summed E-state index contributed by atoms with van der Waals surface area (Å²) in [6.07, 6.45) is 4.95. The smallest absolute Gasteiger partial charge is 0.0991 e. The molecule has 0 aromatic carbocycles. The molecule has 5 heteroatoms. The van der Waals surface area contributed by atoms with Gasteiger partial charge in [-0.15, -0.1) is 0 Å². The number of rotatable bonds is 9. The van der Waals surface area contributed by atoms with Crippen molar-refractivity contribution in [3.05, 3.63) is 0 Å². The van der Waals surface area contributed by atoms with E-state index in [1.807, 2.05) is 0 Å². The monoisotopic (exact) mass is 287 g/mol. The van der Waals surface area contributed by atoms with Crippen molar-refractivity contribution >= 4 is 0 Å². The van der Waals surface area contributed by atoms with Crippen LogP contribution in [0, 0.1) is 0 Å². The molecule has 1 aliphatic carbocycles. The first-order valence-electron chi connectivity index (χ1n) is 7.92. The highest BCUT2D eigenvalue weighted by Gasteiger charge is 2.43. The molecular weight excluding hydrogens is 258 g/mol. The van der Waals surface area contributed by atoms with Gasteiger partial charge in [-0.3, -0.25) is 0 Å². The maximum Gasteiger partial charge on any atom is 0.0991 e. The Balaban J connectivity index is 1.74. The van der Waals surface area contributed by atoms with E-state index >= 15 is 0 Å². The molecule has 2 fully saturated rings. The zero-order valence-electron chi connectivity index (χ0n) is 12.8. The molecule has 0 aromatic heterocycles. The third kappa shape index (κ3) is 4.67. The second kappa shape index (κ2) is 8.95. The van der Waals surface area contributed by atoms with Crippen molar-refractivity contribution in [3.8, 4) is 0 Å². The van der Waals surface area contributed by atoms with Crippen LogP contribution in [0.25, 0.3) is 0 Å². The molecule has 2 aliphatic rings. The molecule has 1 saturated heterocycles. The first kappa shape index (κ1) is 16.2. The fourth-order valence-corrected chi connectivity index (χ4v) is 2.79. The zero-order chi connectivity index (χ0) is 14.2. The van der Waals surface area contributed by atoms with Gasteiger partial charge < -0.3 is 24.3 Å². The number of hydrogen-bond donors (Lipinski definition) is 1. The van der Waals surface area contributed by atoms with E-state index in [1.165, 1.54) is 0 Å². The molecule has 3 atom stereocenters. The van der Waals surface area contributed by atoms with E-state index in [-0.39, 0.29) is 12.2 Å². The Hall–Kier alpha value is -0.200. The lowest BCUT2D eigenvalue weighted by atomic mass is 9.84. The summed E-state index contributed by atoms with van der Waals surface area (Å²) in [4.78, 5) is 0. The van der Waals surface area contributed by atoms with Crippen LogP contribution in [0.15, 0.2) is 0 Å². The largest absolute Gasteiger partial charge is 0.382 e. The van der Waals surface area contributed by atoms with Crippen molar-refractivity contribution in [1.29, 1.82) is 0 Å². The van der Waals surface area contributed by atoms with E-state index in [0.717, 1.165) is 45.4 Å². The van der Waals surface area contributed by atoms with E-state index in [9.17, 15) is 0 Å². The summed E-state index contributed by atoms with van der Waals surface area (Å²) in [5.41, 5.74) is 0. The van der Waals surface area contributed by atoms with Crippen LogP contribution < -0.4 is 5.32 Å². The molecule has 0 spiro atoms. The van der Waals surface area contributed by atoms with Gasteiger partial charge in [-0.2, -0.15) is 0 Å². The predicted octanol–water partition coefficient (Wildman–Crippen LogP) is 1.35. The normalized spacial score (nSPS) is 31.2. The summed E-state index contributed by atoms with van der Waals surface area (Å²) in [5.74, 6) is 0. The van der Waals surface area contributed by atoms with Crippen molar-refractivity contribution in [1.82, 2.24) is 5.32 Å². The first-order valence-corrected chi connectivity index (χ1v) is 7.92. The number of methoxy groups -OCH3 is 1. The van der Waals surface area contributed by atoms with E-state index < -0.39 is 0 Å². The van der Waals surface area contributed by atoms with Gasteiger partial charge in [0.2, 0.25) is 0 Å². The van der Waals surface area contributed by atoms with E-state index in [0.29, 0.717) is 25.4 Å². The minimum absolute atomic E-state index is 0.166. The van der Waals surface area contributed by atoms with Gasteiger partial charge in [0.15, 0.2) is 0 Å². The second-order valence-electron chi connectivity index (χ2n) is 5.61. The molecule has 0 radical (unpaired) electrons. The van der Waals surface area contributed by atoms with E-state index in [2.05, 4.69) is 12.2 Å². The van der Waals surface area contributed by atoms with Crippen molar-refractivity contribution in [2.75, 3.05) is 40.1 Å². The topological polar surface area (TPSA) is 49.0 Å². The van der Waals surface area contributed by atoms with Gasteiger partial charge in [0.1, 0.15) is 0 Å². The third-order valence-electron chi connectivity index (χ3n) is 4.04. The van der Waals surface area contributed by atoms with Crippen molar-refractivity contribution in [2.45, 2.75) is 57.0 Å². The lowest BCUT2D eigenvalue weighted by molar-refractivity contribution is -0.182. The maximum absolute atomic E-state index is 6.19. The summed E-state index contributed by atoms with van der Waals surface area (Å²) >= 11 is 0. The van der Waals surface area contributed by atoms with Crippen LogP contribution in [0.1, 0.15) is 32.6 Å². The van der Waals surface area contributed by atoms with Crippen LogP contribution in [-0.2, 0) is 18.9 Å². The Morgan fingerprint density at radius 1 is 1.20 bits per heavy atom. The average Bonchev–Trinajstić information content (AvgIpc) is 2.47. The molecule has 0 amide bonds. The molecule has 0 aromatic rings. The molecule has 20 heavy (non-hydrogen) atoms. The molecule has 5 nitrogen and oxygen atoms in total.